The van der Waals surface area contributed by atoms with Gasteiger partial charge in [-0.15, -0.1) is 0 Å². The zero-order chi connectivity index (χ0) is 12.2. The van der Waals surface area contributed by atoms with Crippen molar-refractivity contribution in [1.82, 2.24) is 0 Å². The van der Waals surface area contributed by atoms with Gasteiger partial charge in [0.1, 0.15) is 5.60 Å². The van der Waals surface area contributed by atoms with Crippen LogP contribution in [0.25, 0.3) is 0 Å². The van der Waals surface area contributed by atoms with Crippen molar-refractivity contribution >= 4 is 12.0 Å². The molecule has 0 aliphatic heterocycles. The van der Waals surface area contributed by atoms with Crippen LogP contribution in [0.1, 0.15) is 34.1 Å². The van der Waals surface area contributed by atoms with Crippen molar-refractivity contribution in [2.45, 2.75) is 39.7 Å². The van der Waals surface area contributed by atoms with Crippen molar-refractivity contribution in [2.75, 3.05) is 0 Å². The number of hydrogen-bond donors (Lipinski definition) is 2. The van der Waals surface area contributed by atoms with Crippen molar-refractivity contribution in [3.63, 3.8) is 0 Å². The molecule has 1 unspecified atom stereocenters. The predicted molar refractivity (Wildman–Crippen MR) is 56.9 cm³/mol. The van der Waals surface area contributed by atoms with E-state index in [0.717, 1.165) is 0 Å². The van der Waals surface area contributed by atoms with Gasteiger partial charge in [-0.1, -0.05) is 13.8 Å². The monoisotopic (exact) mass is 216 g/mol. The smallest absolute Gasteiger partial charge is 0.405 e. The lowest BCUT2D eigenvalue weighted by Crippen LogP contribution is -2.38. The zero-order valence-electron chi connectivity index (χ0n) is 9.74. The van der Waals surface area contributed by atoms with Gasteiger partial charge in [-0.05, 0) is 26.2 Å². The SMILES string of the molecule is CC(C)C(CC(C)(C)OC(N)=O)C(N)=O. The Kier molecular flexibility index (Phi) is 4.58. The van der Waals surface area contributed by atoms with Gasteiger partial charge >= 0.3 is 6.09 Å². The van der Waals surface area contributed by atoms with Crippen molar-refractivity contribution in [3.8, 4) is 0 Å². The number of nitrogens with two attached hydrogens (primary N) is 2. The zero-order valence-corrected chi connectivity index (χ0v) is 9.74. The maximum atomic E-state index is 11.2. The first kappa shape index (κ1) is 13.7. The molecule has 2 amide bonds. The lowest BCUT2D eigenvalue weighted by Gasteiger charge is -2.29. The Morgan fingerprint density at radius 2 is 1.73 bits per heavy atom. The molecule has 4 N–H and O–H groups in total. The molecule has 5 nitrogen and oxygen atoms in total. The summed E-state index contributed by atoms with van der Waals surface area (Å²) in [5, 5.41) is 0. The molecule has 0 radical (unpaired) electrons. The van der Waals surface area contributed by atoms with Gasteiger partial charge in [-0.25, -0.2) is 4.79 Å². The van der Waals surface area contributed by atoms with Crippen LogP contribution >= 0.6 is 0 Å². The maximum absolute atomic E-state index is 11.2. The minimum atomic E-state index is -0.841. The minimum Gasteiger partial charge on any atom is -0.444 e. The van der Waals surface area contributed by atoms with Crippen molar-refractivity contribution in [2.24, 2.45) is 23.3 Å². The fourth-order valence-electron chi connectivity index (χ4n) is 1.51. The summed E-state index contributed by atoms with van der Waals surface area (Å²) in [5.41, 5.74) is 9.43. The summed E-state index contributed by atoms with van der Waals surface area (Å²) in [5.74, 6) is -0.594. The van der Waals surface area contributed by atoms with E-state index in [-0.39, 0.29) is 17.7 Å². The number of amides is 2. The van der Waals surface area contributed by atoms with Crippen molar-refractivity contribution in [1.29, 1.82) is 0 Å². The second kappa shape index (κ2) is 5.00. The minimum absolute atomic E-state index is 0.109. The normalized spacial score (nSPS) is 13.7. The Balaban J connectivity index is 4.52. The van der Waals surface area contributed by atoms with Crippen LogP contribution in [0.15, 0.2) is 0 Å². The van der Waals surface area contributed by atoms with Crippen LogP contribution in [-0.4, -0.2) is 17.6 Å². The summed E-state index contributed by atoms with van der Waals surface area (Å²) in [4.78, 5) is 21.8. The molecule has 0 spiro atoms. The van der Waals surface area contributed by atoms with E-state index in [0.29, 0.717) is 6.42 Å². The van der Waals surface area contributed by atoms with Gasteiger partial charge < -0.3 is 16.2 Å². The van der Waals surface area contributed by atoms with Gasteiger partial charge in [0, 0.05) is 5.92 Å². The number of carbonyl (C=O) groups excluding carboxylic acids is 2. The molecule has 0 rings (SSSR count). The molecule has 0 aromatic heterocycles. The quantitative estimate of drug-likeness (QED) is 0.717. The molecule has 0 saturated carbocycles. The Hall–Kier alpha value is -1.26. The number of primary amides is 2. The highest BCUT2D eigenvalue weighted by Crippen LogP contribution is 2.25. The Labute approximate surface area is 90.1 Å². The lowest BCUT2D eigenvalue weighted by atomic mass is 9.85. The van der Waals surface area contributed by atoms with Crippen LogP contribution in [0, 0.1) is 11.8 Å². The van der Waals surface area contributed by atoms with E-state index in [1.165, 1.54) is 0 Å². The first-order valence-corrected chi connectivity index (χ1v) is 4.93. The first-order valence-electron chi connectivity index (χ1n) is 4.93. The molecule has 0 saturated heterocycles. The van der Waals surface area contributed by atoms with E-state index < -0.39 is 11.7 Å². The van der Waals surface area contributed by atoms with E-state index >= 15 is 0 Å². The van der Waals surface area contributed by atoms with Gasteiger partial charge in [0.05, 0.1) is 0 Å². The standard InChI is InChI=1S/C10H20N2O3/c1-6(2)7(8(11)13)5-10(3,4)15-9(12)14/h6-7H,5H2,1-4H3,(H2,11,13)(H2,12,14). The van der Waals surface area contributed by atoms with Crippen molar-refractivity contribution in [3.05, 3.63) is 0 Å². The van der Waals surface area contributed by atoms with Gasteiger partial charge in [0.15, 0.2) is 0 Å². The Morgan fingerprint density at radius 3 is 2.00 bits per heavy atom. The summed E-state index contributed by atoms with van der Waals surface area (Å²) < 4.78 is 4.90. The summed E-state index contributed by atoms with van der Waals surface area (Å²) in [6.07, 6.45) is -0.463. The highest BCUT2D eigenvalue weighted by molar-refractivity contribution is 5.77. The van der Waals surface area contributed by atoms with Crippen LogP contribution in [0.3, 0.4) is 0 Å². The van der Waals surface area contributed by atoms with Crippen LogP contribution in [0.5, 0.6) is 0 Å². The molecular formula is C10H20N2O3. The van der Waals surface area contributed by atoms with Gasteiger partial charge in [-0.3, -0.25) is 4.79 Å². The lowest BCUT2D eigenvalue weighted by molar-refractivity contribution is -0.125. The predicted octanol–water partition coefficient (Wildman–Crippen LogP) is 1.01. The van der Waals surface area contributed by atoms with Gasteiger partial charge in [0.25, 0.3) is 0 Å². The Morgan fingerprint density at radius 1 is 1.27 bits per heavy atom. The van der Waals surface area contributed by atoms with Crippen LogP contribution in [0.2, 0.25) is 0 Å². The molecule has 0 aromatic carbocycles. The fourth-order valence-corrected chi connectivity index (χ4v) is 1.51. The van der Waals surface area contributed by atoms with Crippen molar-refractivity contribution < 1.29 is 14.3 Å². The maximum Gasteiger partial charge on any atom is 0.405 e. The largest absolute Gasteiger partial charge is 0.444 e. The third-order valence-corrected chi connectivity index (χ3v) is 2.26. The molecule has 0 heterocycles. The second-order valence-electron chi connectivity index (χ2n) is 4.64. The number of rotatable bonds is 5. The van der Waals surface area contributed by atoms with Gasteiger partial charge in [-0.2, -0.15) is 0 Å². The third kappa shape index (κ3) is 5.24. The number of ether oxygens (including phenoxy) is 1. The molecular weight excluding hydrogens is 196 g/mol. The van der Waals surface area contributed by atoms with E-state index in [2.05, 4.69) is 0 Å². The van der Waals surface area contributed by atoms with Crippen LogP contribution in [0.4, 0.5) is 4.79 Å². The van der Waals surface area contributed by atoms with Crippen LogP contribution < -0.4 is 11.5 Å². The summed E-state index contributed by atoms with van der Waals surface area (Å²) in [6.45, 7) is 7.21. The number of hydrogen-bond acceptors (Lipinski definition) is 3. The molecule has 5 heteroatoms. The average Bonchev–Trinajstić information content (AvgIpc) is 1.96. The average molecular weight is 216 g/mol. The first-order chi connectivity index (χ1) is 6.65. The molecule has 0 aromatic rings. The molecule has 0 aliphatic rings. The van der Waals surface area contributed by atoms with Crippen LogP contribution in [-0.2, 0) is 9.53 Å². The molecule has 88 valence electrons. The fraction of sp³-hybridized carbons (Fsp3) is 0.800. The molecule has 15 heavy (non-hydrogen) atoms. The second-order valence-corrected chi connectivity index (χ2v) is 4.64. The number of carbonyl (C=O) groups is 2. The summed E-state index contributed by atoms with van der Waals surface area (Å²) in [7, 11) is 0. The molecule has 0 fully saturated rings. The van der Waals surface area contributed by atoms with Gasteiger partial charge in [0.2, 0.25) is 5.91 Å². The molecule has 0 aliphatic carbocycles. The van der Waals surface area contributed by atoms with E-state index in [1.54, 1.807) is 13.8 Å². The van der Waals surface area contributed by atoms with E-state index in [1.807, 2.05) is 13.8 Å². The molecule has 1 atom stereocenters. The highest BCUT2D eigenvalue weighted by Gasteiger charge is 2.31. The van der Waals surface area contributed by atoms with E-state index in [9.17, 15) is 9.59 Å². The Bertz CT molecular complexity index is 249. The summed E-state index contributed by atoms with van der Waals surface area (Å²) >= 11 is 0. The van der Waals surface area contributed by atoms with E-state index in [4.69, 9.17) is 16.2 Å². The summed E-state index contributed by atoms with van der Waals surface area (Å²) in [6, 6.07) is 0. The highest BCUT2D eigenvalue weighted by atomic mass is 16.6. The third-order valence-electron chi connectivity index (χ3n) is 2.26. The molecule has 0 bridgehead atoms. The topological polar surface area (TPSA) is 95.4 Å².